The molecule has 0 aromatic heterocycles. The van der Waals surface area contributed by atoms with Crippen LogP contribution in [-0.4, -0.2) is 21.4 Å². The number of rotatable bonds is 3. The number of amides is 1. The van der Waals surface area contributed by atoms with Gasteiger partial charge in [0.15, 0.2) is 0 Å². The highest BCUT2D eigenvalue weighted by Crippen LogP contribution is 2.42. The molecule has 0 saturated carbocycles. The van der Waals surface area contributed by atoms with Gasteiger partial charge in [-0.3, -0.25) is 9.10 Å². The molecule has 158 valence electrons. The molecular formula is C26H20N2O3S. The maximum atomic E-state index is 13.2. The van der Waals surface area contributed by atoms with Crippen molar-refractivity contribution in [2.75, 3.05) is 16.7 Å². The normalized spacial score (nSPS) is 13.7. The number of carbonyl (C=O) groups is 1. The average Bonchev–Trinajstić information content (AvgIpc) is 2.83. The first-order valence-corrected chi connectivity index (χ1v) is 11.6. The van der Waals surface area contributed by atoms with Gasteiger partial charge in [0.25, 0.3) is 15.9 Å². The first kappa shape index (κ1) is 20.0. The summed E-state index contributed by atoms with van der Waals surface area (Å²) in [6.45, 7) is 0. The topological polar surface area (TPSA) is 66.5 Å². The van der Waals surface area contributed by atoms with E-state index in [1.54, 1.807) is 42.5 Å². The van der Waals surface area contributed by atoms with Crippen molar-refractivity contribution in [1.82, 2.24) is 0 Å². The van der Waals surface area contributed by atoms with Crippen molar-refractivity contribution in [3.05, 3.63) is 103 Å². The van der Waals surface area contributed by atoms with Gasteiger partial charge in [-0.15, -0.1) is 0 Å². The van der Waals surface area contributed by atoms with Crippen LogP contribution in [0.3, 0.4) is 0 Å². The molecule has 1 N–H and O–H groups in total. The average molecular weight is 441 g/mol. The Bertz CT molecular complexity index is 1450. The number of anilines is 2. The van der Waals surface area contributed by atoms with Crippen LogP contribution in [0.4, 0.5) is 11.4 Å². The lowest BCUT2D eigenvalue weighted by atomic mass is 9.99. The van der Waals surface area contributed by atoms with E-state index >= 15 is 0 Å². The fraction of sp³-hybridized carbons (Fsp3) is 0.0385. The van der Waals surface area contributed by atoms with Gasteiger partial charge in [0.05, 0.1) is 10.6 Å². The van der Waals surface area contributed by atoms with E-state index in [0.29, 0.717) is 28.1 Å². The van der Waals surface area contributed by atoms with Crippen LogP contribution in [0, 0.1) is 0 Å². The van der Waals surface area contributed by atoms with Crippen LogP contribution in [0.2, 0.25) is 0 Å². The molecule has 32 heavy (non-hydrogen) atoms. The lowest BCUT2D eigenvalue weighted by molar-refractivity contribution is 0.102. The van der Waals surface area contributed by atoms with E-state index < -0.39 is 10.0 Å². The molecule has 0 unspecified atom stereocenters. The van der Waals surface area contributed by atoms with Crippen molar-refractivity contribution in [2.45, 2.75) is 4.90 Å². The minimum Gasteiger partial charge on any atom is -0.321 e. The van der Waals surface area contributed by atoms with Crippen LogP contribution in [0.25, 0.3) is 22.3 Å². The van der Waals surface area contributed by atoms with Crippen molar-refractivity contribution in [2.24, 2.45) is 0 Å². The largest absolute Gasteiger partial charge is 0.321 e. The second kappa shape index (κ2) is 7.66. The Morgan fingerprint density at radius 3 is 2.19 bits per heavy atom. The zero-order valence-electron chi connectivity index (χ0n) is 17.3. The van der Waals surface area contributed by atoms with Crippen molar-refractivity contribution in [3.63, 3.8) is 0 Å². The molecule has 0 atom stereocenters. The number of benzene rings is 4. The maximum Gasteiger partial charge on any atom is 0.264 e. The maximum absolute atomic E-state index is 13.2. The zero-order chi connectivity index (χ0) is 22.3. The molecular weight excluding hydrogens is 420 g/mol. The van der Waals surface area contributed by atoms with Crippen LogP contribution in [0.1, 0.15) is 10.4 Å². The summed E-state index contributed by atoms with van der Waals surface area (Å²) in [5, 5.41) is 3.01. The number of nitrogens with zero attached hydrogens (tertiary/aromatic N) is 1. The summed E-state index contributed by atoms with van der Waals surface area (Å²) >= 11 is 0. The Balaban J connectivity index is 1.54. The number of fused-ring (bicyclic) bond motifs is 3. The molecule has 4 aromatic carbocycles. The summed E-state index contributed by atoms with van der Waals surface area (Å²) < 4.78 is 27.0. The Morgan fingerprint density at radius 1 is 0.750 bits per heavy atom. The minimum absolute atomic E-state index is 0.238. The van der Waals surface area contributed by atoms with Crippen molar-refractivity contribution in [3.8, 4) is 22.3 Å². The molecule has 5 nitrogen and oxygen atoms in total. The second-order valence-electron chi connectivity index (χ2n) is 7.57. The predicted molar refractivity (Wildman–Crippen MR) is 127 cm³/mol. The highest BCUT2D eigenvalue weighted by molar-refractivity contribution is 7.93. The highest BCUT2D eigenvalue weighted by atomic mass is 32.2. The summed E-state index contributed by atoms with van der Waals surface area (Å²) in [5.41, 5.74) is 4.95. The van der Waals surface area contributed by atoms with E-state index in [9.17, 15) is 13.2 Å². The van der Waals surface area contributed by atoms with Gasteiger partial charge in [0, 0.05) is 35.0 Å². The first-order chi connectivity index (χ1) is 15.5. The first-order valence-electron chi connectivity index (χ1n) is 10.1. The lowest BCUT2D eigenvalue weighted by Crippen LogP contribution is -2.30. The fourth-order valence-electron chi connectivity index (χ4n) is 4.01. The molecule has 0 fully saturated rings. The molecule has 6 heteroatoms. The van der Waals surface area contributed by atoms with E-state index in [1.165, 1.54) is 11.4 Å². The van der Waals surface area contributed by atoms with Gasteiger partial charge in [0.1, 0.15) is 0 Å². The summed E-state index contributed by atoms with van der Waals surface area (Å²) in [6.07, 6.45) is 0. The molecule has 0 aliphatic carbocycles. The van der Waals surface area contributed by atoms with Crippen LogP contribution in [0.15, 0.2) is 102 Å². The molecule has 1 heterocycles. The third-order valence-electron chi connectivity index (χ3n) is 5.67. The second-order valence-corrected chi connectivity index (χ2v) is 9.50. The smallest absolute Gasteiger partial charge is 0.264 e. The van der Waals surface area contributed by atoms with Gasteiger partial charge in [-0.1, -0.05) is 66.7 Å². The number of para-hydroxylation sites is 1. The molecule has 1 amide bonds. The third-order valence-corrected chi connectivity index (χ3v) is 7.50. The van der Waals surface area contributed by atoms with Crippen LogP contribution >= 0.6 is 0 Å². The highest BCUT2D eigenvalue weighted by Gasteiger charge is 2.32. The van der Waals surface area contributed by atoms with Crippen molar-refractivity contribution < 1.29 is 13.2 Å². The Labute approximate surface area is 187 Å². The Hall–Kier alpha value is -3.90. The van der Waals surface area contributed by atoms with E-state index in [1.807, 2.05) is 54.6 Å². The summed E-state index contributed by atoms with van der Waals surface area (Å²) in [4.78, 5) is 13.4. The van der Waals surface area contributed by atoms with Crippen molar-refractivity contribution in [1.29, 1.82) is 0 Å². The molecule has 1 aliphatic rings. The van der Waals surface area contributed by atoms with Gasteiger partial charge in [0.2, 0.25) is 0 Å². The van der Waals surface area contributed by atoms with Gasteiger partial charge >= 0.3 is 0 Å². The monoisotopic (exact) mass is 440 g/mol. The van der Waals surface area contributed by atoms with E-state index in [-0.39, 0.29) is 10.8 Å². The number of hydrogen-bond donors (Lipinski definition) is 1. The SMILES string of the molecule is CN1c2ccc(C(=O)Nc3ccccc3-c3ccccc3)cc2-c2ccccc2S1(=O)=O. The Kier molecular flexibility index (Phi) is 4.79. The van der Waals surface area contributed by atoms with E-state index in [4.69, 9.17) is 0 Å². The fourth-order valence-corrected chi connectivity index (χ4v) is 5.43. The van der Waals surface area contributed by atoms with Gasteiger partial charge < -0.3 is 5.32 Å². The predicted octanol–water partition coefficient (Wildman–Crippen LogP) is 5.41. The number of hydrogen-bond acceptors (Lipinski definition) is 3. The van der Waals surface area contributed by atoms with Gasteiger partial charge in [-0.25, -0.2) is 8.42 Å². The number of nitrogens with one attached hydrogen (secondary N) is 1. The lowest BCUT2D eigenvalue weighted by Gasteiger charge is -2.29. The van der Waals surface area contributed by atoms with Crippen molar-refractivity contribution >= 4 is 27.3 Å². The van der Waals surface area contributed by atoms with E-state index in [0.717, 1.165) is 11.1 Å². The van der Waals surface area contributed by atoms with Gasteiger partial charge in [-0.05, 0) is 35.9 Å². The summed E-state index contributed by atoms with van der Waals surface area (Å²) in [5.74, 6) is -0.259. The molecule has 0 bridgehead atoms. The summed E-state index contributed by atoms with van der Waals surface area (Å²) in [7, 11) is -2.09. The molecule has 4 aromatic rings. The standard InChI is InChI=1S/C26H20N2O3S/c1-28-24-16-15-19(17-22(24)21-12-6-8-14-25(21)32(28,30)31)26(29)27-23-13-7-5-11-20(23)18-9-3-2-4-10-18/h2-17H,1H3,(H,27,29). The molecule has 1 aliphatic heterocycles. The van der Waals surface area contributed by atoms with Crippen LogP contribution in [0.5, 0.6) is 0 Å². The minimum atomic E-state index is -3.62. The molecule has 0 saturated heterocycles. The molecule has 5 rings (SSSR count). The number of sulfonamides is 1. The Morgan fingerprint density at radius 2 is 1.41 bits per heavy atom. The van der Waals surface area contributed by atoms with E-state index in [2.05, 4.69) is 5.32 Å². The zero-order valence-corrected chi connectivity index (χ0v) is 18.1. The molecule has 0 spiro atoms. The third kappa shape index (κ3) is 3.25. The number of carbonyl (C=O) groups excluding carboxylic acids is 1. The quantitative estimate of drug-likeness (QED) is 0.463. The van der Waals surface area contributed by atoms with Crippen LogP contribution < -0.4 is 9.62 Å². The summed E-state index contributed by atoms with van der Waals surface area (Å²) in [6, 6.07) is 29.5. The van der Waals surface area contributed by atoms with Crippen LogP contribution in [-0.2, 0) is 10.0 Å². The van der Waals surface area contributed by atoms with Gasteiger partial charge in [-0.2, -0.15) is 0 Å². The molecule has 0 radical (unpaired) electrons.